The molecule has 0 amide bonds. The molecule has 0 aromatic carbocycles. The van der Waals surface area contributed by atoms with Crippen molar-refractivity contribution in [1.82, 2.24) is 5.32 Å². The average molecular weight is 143 g/mol. The topological polar surface area (TPSA) is 12.0 Å². The van der Waals surface area contributed by atoms with Gasteiger partial charge in [-0.2, -0.15) is 0 Å². The maximum absolute atomic E-state index is 3.38. The summed E-state index contributed by atoms with van der Waals surface area (Å²) in [5.74, 6) is 1.05. The van der Waals surface area contributed by atoms with Crippen LogP contribution in [-0.2, 0) is 0 Å². The molecule has 1 heteroatoms. The molecule has 0 heterocycles. The van der Waals surface area contributed by atoms with Crippen LogP contribution in [0.3, 0.4) is 0 Å². The van der Waals surface area contributed by atoms with Crippen LogP contribution in [0.5, 0.6) is 0 Å². The molecule has 0 aliphatic heterocycles. The van der Waals surface area contributed by atoms with E-state index in [1.165, 1.54) is 38.6 Å². The second kappa shape index (κ2) is 4.73. The van der Waals surface area contributed by atoms with Crippen molar-refractivity contribution in [2.75, 3.05) is 13.1 Å². The molecule has 10 heavy (non-hydrogen) atoms. The molecule has 62 valence electrons. The predicted octanol–water partition coefficient (Wildman–Crippen LogP) is 2.42. The zero-order valence-electron chi connectivity index (χ0n) is 7.03. The first kappa shape index (κ1) is 8.06. The SMILES string of the molecule is CCNCCC1CCCC1.[HH]. The predicted molar refractivity (Wildman–Crippen MR) is 47.2 cm³/mol. The van der Waals surface area contributed by atoms with Gasteiger partial charge in [-0.15, -0.1) is 0 Å². The summed E-state index contributed by atoms with van der Waals surface area (Å²) in [6.07, 6.45) is 7.36. The summed E-state index contributed by atoms with van der Waals surface area (Å²) in [6, 6.07) is 0. The lowest BCUT2D eigenvalue weighted by atomic mass is 10.0. The zero-order valence-corrected chi connectivity index (χ0v) is 7.03. The van der Waals surface area contributed by atoms with Crippen LogP contribution in [0.15, 0.2) is 0 Å². The smallest absolute Gasteiger partial charge is 0 e. The highest BCUT2D eigenvalue weighted by molar-refractivity contribution is 4.67. The van der Waals surface area contributed by atoms with E-state index in [0.717, 1.165) is 12.5 Å². The summed E-state index contributed by atoms with van der Waals surface area (Å²) in [5.41, 5.74) is 0. The van der Waals surface area contributed by atoms with E-state index in [0.29, 0.717) is 0 Å². The van der Waals surface area contributed by atoms with Crippen LogP contribution < -0.4 is 5.32 Å². The van der Waals surface area contributed by atoms with Crippen LogP contribution in [0.4, 0.5) is 0 Å². The molecule has 0 saturated heterocycles. The quantitative estimate of drug-likeness (QED) is 0.596. The molecule has 1 nitrogen and oxygen atoms in total. The molecule has 0 bridgehead atoms. The summed E-state index contributed by atoms with van der Waals surface area (Å²) < 4.78 is 0. The van der Waals surface area contributed by atoms with Gasteiger partial charge in [0.2, 0.25) is 0 Å². The Morgan fingerprint density at radius 2 is 2.10 bits per heavy atom. The van der Waals surface area contributed by atoms with Crippen molar-refractivity contribution in [1.29, 1.82) is 0 Å². The summed E-state index contributed by atoms with van der Waals surface area (Å²) in [7, 11) is 0. The molecule has 0 aromatic heterocycles. The molecule has 1 fully saturated rings. The molecule has 1 aliphatic carbocycles. The minimum atomic E-state index is 0. The Bertz CT molecular complexity index is 79.6. The van der Waals surface area contributed by atoms with Crippen LogP contribution in [0.25, 0.3) is 0 Å². The lowest BCUT2D eigenvalue weighted by molar-refractivity contribution is 0.482. The fourth-order valence-corrected chi connectivity index (χ4v) is 1.78. The van der Waals surface area contributed by atoms with Gasteiger partial charge >= 0.3 is 0 Å². The molecule has 0 unspecified atom stereocenters. The maximum Gasteiger partial charge on any atom is 0 e. The highest BCUT2D eigenvalue weighted by atomic mass is 14.8. The van der Waals surface area contributed by atoms with Crippen molar-refractivity contribution in [3.05, 3.63) is 0 Å². The monoisotopic (exact) mass is 143 g/mol. The van der Waals surface area contributed by atoms with Gasteiger partial charge in [0.1, 0.15) is 0 Å². The van der Waals surface area contributed by atoms with Crippen LogP contribution in [0.1, 0.15) is 40.5 Å². The van der Waals surface area contributed by atoms with Crippen molar-refractivity contribution in [2.24, 2.45) is 5.92 Å². The molecule has 0 radical (unpaired) electrons. The van der Waals surface area contributed by atoms with E-state index in [4.69, 9.17) is 0 Å². The average Bonchev–Trinajstić information content (AvgIpc) is 2.41. The van der Waals surface area contributed by atoms with Gasteiger partial charge < -0.3 is 5.32 Å². The third-order valence-corrected chi connectivity index (χ3v) is 2.45. The van der Waals surface area contributed by atoms with E-state index < -0.39 is 0 Å². The molecule has 1 saturated carbocycles. The molecule has 0 atom stereocenters. The first-order valence-electron chi connectivity index (χ1n) is 4.64. The molecule has 0 spiro atoms. The zero-order chi connectivity index (χ0) is 7.23. The van der Waals surface area contributed by atoms with Gasteiger partial charge in [0.25, 0.3) is 0 Å². The molecular formula is C9H21N. The summed E-state index contributed by atoms with van der Waals surface area (Å²) in [4.78, 5) is 0. The minimum Gasteiger partial charge on any atom is -0.317 e. The van der Waals surface area contributed by atoms with Crippen LogP contribution >= 0.6 is 0 Å². The van der Waals surface area contributed by atoms with E-state index in [9.17, 15) is 0 Å². The Labute approximate surface area is 65.7 Å². The highest BCUT2D eigenvalue weighted by Gasteiger charge is 2.13. The summed E-state index contributed by atoms with van der Waals surface area (Å²) >= 11 is 0. The van der Waals surface area contributed by atoms with Crippen molar-refractivity contribution in [3.8, 4) is 0 Å². The Morgan fingerprint density at radius 1 is 1.40 bits per heavy atom. The van der Waals surface area contributed by atoms with E-state index in [1.54, 1.807) is 0 Å². The van der Waals surface area contributed by atoms with Gasteiger partial charge in [-0.3, -0.25) is 0 Å². The number of nitrogens with one attached hydrogen (secondary N) is 1. The van der Waals surface area contributed by atoms with Gasteiger partial charge in [-0.05, 0) is 25.4 Å². The molecule has 1 N–H and O–H groups in total. The third-order valence-electron chi connectivity index (χ3n) is 2.45. The molecule has 1 aliphatic rings. The van der Waals surface area contributed by atoms with Gasteiger partial charge in [-0.1, -0.05) is 32.6 Å². The first-order chi connectivity index (χ1) is 4.93. The lowest BCUT2D eigenvalue weighted by Gasteiger charge is -2.07. The summed E-state index contributed by atoms with van der Waals surface area (Å²) in [5, 5.41) is 3.38. The van der Waals surface area contributed by atoms with Crippen molar-refractivity contribution in [2.45, 2.75) is 39.0 Å². The van der Waals surface area contributed by atoms with Crippen molar-refractivity contribution in [3.63, 3.8) is 0 Å². The maximum atomic E-state index is 3.38. The van der Waals surface area contributed by atoms with Crippen LogP contribution in [-0.4, -0.2) is 13.1 Å². The fourth-order valence-electron chi connectivity index (χ4n) is 1.78. The Morgan fingerprint density at radius 3 is 2.70 bits per heavy atom. The number of hydrogen-bond donors (Lipinski definition) is 1. The Hall–Kier alpha value is -0.0400. The van der Waals surface area contributed by atoms with Gasteiger partial charge in [0, 0.05) is 1.43 Å². The van der Waals surface area contributed by atoms with Crippen LogP contribution in [0.2, 0.25) is 0 Å². The Balaban J connectivity index is 0.000001000. The second-order valence-electron chi connectivity index (χ2n) is 3.29. The van der Waals surface area contributed by atoms with Crippen LogP contribution in [0, 0.1) is 5.92 Å². The molecule has 1 rings (SSSR count). The minimum absolute atomic E-state index is 0. The van der Waals surface area contributed by atoms with E-state index in [-0.39, 0.29) is 1.43 Å². The highest BCUT2D eigenvalue weighted by Crippen LogP contribution is 2.26. The third kappa shape index (κ3) is 2.70. The number of hydrogen-bond acceptors (Lipinski definition) is 1. The Kier molecular flexibility index (Phi) is 3.81. The molecule has 0 aromatic rings. The number of rotatable bonds is 4. The van der Waals surface area contributed by atoms with E-state index in [1.807, 2.05) is 0 Å². The first-order valence-corrected chi connectivity index (χ1v) is 4.64. The van der Waals surface area contributed by atoms with Gasteiger partial charge in [0.05, 0.1) is 0 Å². The second-order valence-corrected chi connectivity index (χ2v) is 3.29. The van der Waals surface area contributed by atoms with E-state index >= 15 is 0 Å². The lowest BCUT2D eigenvalue weighted by Crippen LogP contribution is -2.16. The van der Waals surface area contributed by atoms with Gasteiger partial charge in [-0.25, -0.2) is 0 Å². The van der Waals surface area contributed by atoms with Crippen molar-refractivity contribution < 1.29 is 1.43 Å². The standard InChI is InChI=1S/C9H19N.H2/c1-2-10-8-7-9-5-3-4-6-9;/h9-10H,2-8H2,1H3;1H. The largest absolute Gasteiger partial charge is 0.317 e. The summed E-state index contributed by atoms with van der Waals surface area (Å²) in [6.45, 7) is 4.54. The normalized spacial score (nSPS) is 20.1. The van der Waals surface area contributed by atoms with Crippen molar-refractivity contribution >= 4 is 0 Å². The molecular weight excluding hydrogens is 122 g/mol. The van der Waals surface area contributed by atoms with Gasteiger partial charge in [0.15, 0.2) is 0 Å². The fraction of sp³-hybridized carbons (Fsp3) is 1.00. The van der Waals surface area contributed by atoms with E-state index in [2.05, 4.69) is 12.2 Å².